The van der Waals surface area contributed by atoms with Gasteiger partial charge in [-0.1, -0.05) is 47.6 Å². The van der Waals surface area contributed by atoms with Crippen molar-refractivity contribution in [2.75, 3.05) is 11.9 Å². The van der Waals surface area contributed by atoms with Crippen LogP contribution >= 0.6 is 0 Å². The summed E-state index contributed by atoms with van der Waals surface area (Å²) in [5.74, 6) is 0.853. The fourth-order valence-corrected chi connectivity index (χ4v) is 3.08. The number of rotatable bonds is 6. The van der Waals surface area contributed by atoms with E-state index < -0.39 is 0 Å². The number of nitrogens with one attached hydrogen (secondary N) is 1. The molecule has 0 unspecified atom stereocenters. The molecule has 0 aliphatic carbocycles. The second kappa shape index (κ2) is 7.35. The van der Waals surface area contributed by atoms with E-state index in [0.29, 0.717) is 25.5 Å². The molecule has 1 saturated heterocycles. The number of para-hydroxylation sites is 1. The molecular weight excluding hydrogens is 328 g/mol. The van der Waals surface area contributed by atoms with Crippen molar-refractivity contribution in [1.29, 1.82) is 0 Å². The third-order valence-corrected chi connectivity index (χ3v) is 4.49. The lowest BCUT2D eigenvalue weighted by Gasteiger charge is -2.15. The minimum absolute atomic E-state index is 0.253. The molecule has 1 fully saturated rings. The largest absolute Gasteiger partial charge is 0.349 e. The van der Waals surface area contributed by atoms with E-state index >= 15 is 0 Å². The Morgan fingerprint density at radius 3 is 2.50 bits per heavy atom. The molecule has 7 heteroatoms. The Kier molecular flexibility index (Phi) is 4.59. The van der Waals surface area contributed by atoms with E-state index in [4.69, 9.17) is 0 Å². The van der Waals surface area contributed by atoms with Crippen molar-refractivity contribution in [3.63, 3.8) is 0 Å². The van der Waals surface area contributed by atoms with Crippen LogP contribution in [0.2, 0.25) is 0 Å². The number of hydrogen-bond donors (Lipinski definition) is 1. The molecule has 26 heavy (non-hydrogen) atoms. The van der Waals surface area contributed by atoms with Crippen LogP contribution in [0.3, 0.4) is 0 Å². The average molecular weight is 348 g/mol. The van der Waals surface area contributed by atoms with Crippen molar-refractivity contribution in [3.8, 4) is 5.69 Å². The Labute approximate surface area is 151 Å². The molecule has 0 bridgehead atoms. The predicted octanol–water partition coefficient (Wildman–Crippen LogP) is 2.40. The molecule has 3 aromatic rings. The number of nitrogens with zero attached hydrogens (tertiary/aromatic N) is 5. The highest BCUT2D eigenvalue weighted by atomic mass is 16.2. The molecule has 0 radical (unpaired) electrons. The number of likely N-dealkylation sites (tertiary alicyclic amines) is 1. The van der Waals surface area contributed by atoms with E-state index in [9.17, 15) is 4.79 Å². The number of tetrazole rings is 1. The molecule has 0 atom stereocenters. The topological polar surface area (TPSA) is 75.9 Å². The lowest BCUT2D eigenvalue weighted by atomic mass is 10.1. The van der Waals surface area contributed by atoms with Crippen molar-refractivity contribution < 1.29 is 4.79 Å². The highest BCUT2D eigenvalue weighted by Crippen LogP contribution is 2.16. The smallest absolute Gasteiger partial charge is 0.248 e. The second-order valence-corrected chi connectivity index (χ2v) is 6.34. The van der Waals surface area contributed by atoms with Crippen molar-refractivity contribution in [2.24, 2.45) is 0 Å². The van der Waals surface area contributed by atoms with Gasteiger partial charge in [-0.3, -0.25) is 4.79 Å². The molecule has 1 aliphatic rings. The maximum absolute atomic E-state index is 11.7. The number of benzene rings is 2. The van der Waals surface area contributed by atoms with Gasteiger partial charge in [-0.15, -0.1) is 0 Å². The Hall–Kier alpha value is -3.22. The van der Waals surface area contributed by atoms with Crippen LogP contribution in [-0.4, -0.2) is 37.6 Å². The fourth-order valence-electron chi connectivity index (χ4n) is 3.08. The first-order valence-electron chi connectivity index (χ1n) is 8.73. The monoisotopic (exact) mass is 348 g/mol. The van der Waals surface area contributed by atoms with Crippen LogP contribution < -0.4 is 5.32 Å². The van der Waals surface area contributed by atoms with Gasteiger partial charge in [-0.25, -0.2) is 0 Å². The Balaban J connectivity index is 1.38. The number of amides is 1. The summed E-state index contributed by atoms with van der Waals surface area (Å²) in [4.78, 5) is 13.6. The van der Waals surface area contributed by atoms with Gasteiger partial charge in [-0.05, 0) is 40.1 Å². The molecule has 0 saturated carbocycles. The van der Waals surface area contributed by atoms with E-state index in [0.717, 1.165) is 29.8 Å². The summed E-state index contributed by atoms with van der Waals surface area (Å²) in [5.41, 5.74) is 3.19. The van der Waals surface area contributed by atoms with E-state index in [1.54, 1.807) is 4.68 Å². The third kappa shape index (κ3) is 3.56. The van der Waals surface area contributed by atoms with Crippen molar-refractivity contribution in [1.82, 2.24) is 25.1 Å². The highest BCUT2D eigenvalue weighted by molar-refractivity contribution is 5.78. The van der Waals surface area contributed by atoms with Crippen LogP contribution in [0.15, 0.2) is 54.6 Å². The van der Waals surface area contributed by atoms with E-state index in [1.807, 2.05) is 35.2 Å². The van der Waals surface area contributed by atoms with Crippen LogP contribution in [0, 0.1) is 0 Å². The van der Waals surface area contributed by atoms with Crippen molar-refractivity contribution in [3.05, 3.63) is 65.7 Å². The molecule has 0 spiro atoms. The fraction of sp³-hybridized carbons (Fsp3) is 0.263. The summed E-state index contributed by atoms with van der Waals surface area (Å²) in [7, 11) is 0. The molecule has 2 heterocycles. The van der Waals surface area contributed by atoms with Crippen molar-refractivity contribution in [2.45, 2.75) is 25.9 Å². The zero-order chi connectivity index (χ0) is 17.8. The Morgan fingerprint density at radius 1 is 1.00 bits per heavy atom. The summed E-state index contributed by atoms with van der Waals surface area (Å²) in [6.45, 7) is 2.18. The number of aromatic nitrogens is 4. The van der Waals surface area contributed by atoms with Crippen LogP contribution in [0.5, 0.6) is 0 Å². The summed E-state index contributed by atoms with van der Waals surface area (Å²) in [6.07, 6.45) is 1.65. The van der Waals surface area contributed by atoms with Crippen LogP contribution in [-0.2, 0) is 17.9 Å². The molecule has 132 valence electrons. The van der Waals surface area contributed by atoms with Crippen LogP contribution in [0.4, 0.5) is 5.95 Å². The number of hydrogen-bond acceptors (Lipinski definition) is 5. The predicted molar refractivity (Wildman–Crippen MR) is 97.6 cm³/mol. The van der Waals surface area contributed by atoms with Gasteiger partial charge in [0.1, 0.15) is 0 Å². The summed E-state index contributed by atoms with van der Waals surface area (Å²) in [6, 6.07) is 18.0. The molecule has 4 rings (SSSR count). The molecule has 7 nitrogen and oxygen atoms in total. The Bertz CT molecular complexity index is 875. The van der Waals surface area contributed by atoms with E-state index in [2.05, 4.69) is 45.1 Å². The number of anilines is 1. The van der Waals surface area contributed by atoms with Gasteiger partial charge in [0.05, 0.1) is 5.69 Å². The van der Waals surface area contributed by atoms with E-state index in [-0.39, 0.29) is 5.91 Å². The van der Waals surface area contributed by atoms with Gasteiger partial charge in [0.15, 0.2) is 0 Å². The summed E-state index contributed by atoms with van der Waals surface area (Å²) < 4.78 is 1.67. The molecular formula is C19H20N6O. The molecule has 2 aromatic carbocycles. The van der Waals surface area contributed by atoms with Gasteiger partial charge in [-0.2, -0.15) is 4.68 Å². The standard InChI is InChI=1S/C19H20N6O/c26-18-7-4-12-24(18)14-16-10-8-15(9-11-16)13-20-19-21-22-23-25(19)17-5-2-1-3-6-17/h1-3,5-6,8-11H,4,7,12-14H2,(H,20,21,23). The SMILES string of the molecule is O=C1CCCN1Cc1ccc(CNc2nnnn2-c2ccccc2)cc1. The van der Waals surface area contributed by atoms with Gasteiger partial charge >= 0.3 is 0 Å². The normalized spacial score (nSPS) is 14.0. The minimum Gasteiger partial charge on any atom is -0.349 e. The van der Waals surface area contributed by atoms with Crippen molar-refractivity contribution >= 4 is 11.9 Å². The van der Waals surface area contributed by atoms with Crippen LogP contribution in [0.1, 0.15) is 24.0 Å². The van der Waals surface area contributed by atoms with Gasteiger partial charge in [0.25, 0.3) is 0 Å². The molecule has 1 aromatic heterocycles. The summed E-state index contributed by atoms with van der Waals surface area (Å²) in [5, 5.41) is 15.1. The summed E-state index contributed by atoms with van der Waals surface area (Å²) >= 11 is 0. The van der Waals surface area contributed by atoms with Gasteiger partial charge in [0, 0.05) is 26.1 Å². The first-order valence-corrected chi connectivity index (χ1v) is 8.73. The molecule has 1 aliphatic heterocycles. The maximum atomic E-state index is 11.7. The average Bonchev–Trinajstić information content (AvgIpc) is 3.31. The first-order chi connectivity index (χ1) is 12.8. The van der Waals surface area contributed by atoms with E-state index in [1.165, 1.54) is 0 Å². The minimum atomic E-state index is 0.253. The lowest BCUT2D eigenvalue weighted by molar-refractivity contribution is -0.128. The number of carbonyl (C=O) groups excluding carboxylic acids is 1. The van der Waals surface area contributed by atoms with Gasteiger partial charge in [0.2, 0.25) is 11.9 Å². The molecule has 1 N–H and O–H groups in total. The Morgan fingerprint density at radius 2 is 1.77 bits per heavy atom. The van der Waals surface area contributed by atoms with Gasteiger partial charge < -0.3 is 10.2 Å². The second-order valence-electron chi connectivity index (χ2n) is 6.34. The first kappa shape index (κ1) is 16.3. The zero-order valence-electron chi connectivity index (χ0n) is 14.4. The zero-order valence-corrected chi connectivity index (χ0v) is 14.4. The number of carbonyl (C=O) groups is 1. The maximum Gasteiger partial charge on any atom is 0.248 e. The third-order valence-electron chi connectivity index (χ3n) is 4.49. The highest BCUT2D eigenvalue weighted by Gasteiger charge is 2.19. The quantitative estimate of drug-likeness (QED) is 0.740. The lowest BCUT2D eigenvalue weighted by Crippen LogP contribution is -2.23. The van der Waals surface area contributed by atoms with Crippen LogP contribution in [0.25, 0.3) is 5.69 Å². The molecule has 1 amide bonds.